The number of hydrogen-bond donors (Lipinski definition) is 5. The van der Waals surface area contributed by atoms with Crippen molar-refractivity contribution in [1.82, 2.24) is 15.6 Å². The molecule has 11 heteroatoms. The Labute approximate surface area is 255 Å². The minimum Gasteiger partial charge on any atom is -0.480 e. The van der Waals surface area contributed by atoms with E-state index in [1.54, 1.807) is 45.0 Å². The molecule has 0 unspecified atom stereocenters. The van der Waals surface area contributed by atoms with Crippen molar-refractivity contribution in [2.24, 2.45) is 11.8 Å². The van der Waals surface area contributed by atoms with Gasteiger partial charge in [0.15, 0.2) is 0 Å². The van der Waals surface area contributed by atoms with Crippen molar-refractivity contribution in [2.75, 3.05) is 6.54 Å². The largest absolute Gasteiger partial charge is 0.480 e. The molecular formula is C33H39N3O8. The summed E-state index contributed by atoms with van der Waals surface area (Å²) in [6.07, 6.45) is 3.55. The predicted molar refractivity (Wildman–Crippen MR) is 165 cm³/mol. The lowest BCUT2D eigenvalue weighted by Gasteiger charge is -2.29. The average Bonchev–Trinajstić information content (AvgIpc) is 2.95. The van der Waals surface area contributed by atoms with E-state index < -0.39 is 35.1 Å². The molecule has 1 saturated carbocycles. The molecule has 1 aliphatic carbocycles. The molecule has 2 amide bonds. The van der Waals surface area contributed by atoms with E-state index in [0.29, 0.717) is 24.9 Å². The Bertz CT molecular complexity index is 1610. The predicted octanol–water partition coefficient (Wildman–Crippen LogP) is 4.64. The van der Waals surface area contributed by atoms with Crippen molar-refractivity contribution in [3.8, 4) is 11.1 Å². The first-order valence-corrected chi connectivity index (χ1v) is 14.7. The second kappa shape index (κ2) is 13.3. The highest BCUT2D eigenvalue weighted by Crippen LogP contribution is 2.30. The highest BCUT2D eigenvalue weighted by Gasteiger charge is 2.30. The fourth-order valence-corrected chi connectivity index (χ4v) is 5.56. The summed E-state index contributed by atoms with van der Waals surface area (Å²) in [5.74, 6) is -2.74. The van der Waals surface area contributed by atoms with Crippen LogP contribution in [0.25, 0.3) is 22.0 Å². The summed E-state index contributed by atoms with van der Waals surface area (Å²) in [4.78, 5) is 63.7. The van der Waals surface area contributed by atoms with E-state index in [4.69, 9.17) is 4.74 Å². The van der Waals surface area contributed by atoms with Gasteiger partial charge in [0.05, 0.1) is 0 Å². The molecule has 1 atom stereocenters. The van der Waals surface area contributed by atoms with Crippen molar-refractivity contribution in [1.29, 1.82) is 0 Å². The van der Waals surface area contributed by atoms with Gasteiger partial charge in [0, 0.05) is 36.0 Å². The number of carboxylic acid groups (broad SMARTS) is 2. The minimum absolute atomic E-state index is 0.110. The number of aromatic amines is 1. The third-order valence-corrected chi connectivity index (χ3v) is 7.93. The number of hydrogen-bond acceptors (Lipinski definition) is 6. The number of carboxylic acids is 2. The number of ether oxygens (including phenoxy) is 1. The number of aromatic carboxylic acids is 1. The van der Waals surface area contributed by atoms with Gasteiger partial charge in [-0.3, -0.25) is 9.59 Å². The quantitative estimate of drug-likeness (QED) is 0.234. The van der Waals surface area contributed by atoms with Crippen molar-refractivity contribution in [3.05, 3.63) is 69.5 Å². The van der Waals surface area contributed by atoms with Gasteiger partial charge in [-0.05, 0) is 93.7 Å². The van der Waals surface area contributed by atoms with Gasteiger partial charge in [0.1, 0.15) is 17.2 Å². The fraction of sp³-hybridized carbons (Fsp3) is 0.424. The van der Waals surface area contributed by atoms with E-state index in [1.807, 2.05) is 19.1 Å². The summed E-state index contributed by atoms with van der Waals surface area (Å²) < 4.78 is 5.27. The van der Waals surface area contributed by atoms with Crippen LogP contribution in [0.1, 0.15) is 67.9 Å². The third kappa shape index (κ3) is 8.03. The molecule has 0 spiro atoms. The number of rotatable bonds is 9. The van der Waals surface area contributed by atoms with E-state index >= 15 is 0 Å². The number of benzene rings is 2. The van der Waals surface area contributed by atoms with Gasteiger partial charge >= 0.3 is 18.0 Å². The lowest BCUT2D eigenvalue weighted by atomic mass is 9.81. The smallest absolute Gasteiger partial charge is 0.407 e. The van der Waals surface area contributed by atoms with Gasteiger partial charge in [-0.1, -0.05) is 24.3 Å². The molecule has 2 aromatic carbocycles. The second-order valence-electron chi connectivity index (χ2n) is 12.5. The number of aliphatic carboxylic acids is 1. The van der Waals surface area contributed by atoms with Crippen LogP contribution in [0.3, 0.4) is 0 Å². The van der Waals surface area contributed by atoms with Gasteiger partial charge in [0.25, 0.3) is 0 Å². The zero-order chi connectivity index (χ0) is 32.2. The average molecular weight is 606 g/mol. The summed E-state index contributed by atoms with van der Waals surface area (Å²) in [5, 5.41) is 24.9. The lowest BCUT2D eigenvalue weighted by molar-refractivity contribution is -0.142. The Morgan fingerprint density at radius 2 is 1.68 bits per heavy atom. The van der Waals surface area contributed by atoms with Gasteiger partial charge in [-0.2, -0.15) is 0 Å². The van der Waals surface area contributed by atoms with Crippen molar-refractivity contribution >= 4 is 34.8 Å². The number of alkyl carbamates (subject to hydrolysis) is 1. The topological polar surface area (TPSA) is 175 Å². The number of carbonyl (C=O) groups excluding carboxylic acids is 2. The number of H-pyrrole nitrogens is 1. The van der Waals surface area contributed by atoms with E-state index in [0.717, 1.165) is 35.1 Å². The highest BCUT2D eigenvalue weighted by atomic mass is 16.6. The van der Waals surface area contributed by atoms with Crippen LogP contribution in [0.5, 0.6) is 0 Å². The van der Waals surface area contributed by atoms with Crippen LogP contribution in [0, 0.1) is 18.8 Å². The zero-order valence-electron chi connectivity index (χ0n) is 25.4. The van der Waals surface area contributed by atoms with Gasteiger partial charge in [-0.25, -0.2) is 14.4 Å². The monoisotopic (exact) mass is 605 g/mol. The third-order valence-electron chi connectivity index (χ3n) is 7.93. The Hall–Kier alpha value is -4.67. The van der Waals surface area contributed by atoms with Gasteiger partial charge in [-0.15, -0.1) is 0 Å². The fourth-order valence-electron chi connectivity index (χ4n) is 5.56. The molecule has 44 heavy (non-hydrogen) atoms. The Morgan fingerprint density at radius 1 is 1.02 bits per heavy atom. The number of nitrogens with one attached hydrogen (secondary N) is 3. The molecule has 11 nitrogen and oxygen atoms in total. The van der Waals surface area contributed by atoms with Crippen LogP contribution in [0.15, 0.2) is 47.4 Å². The Kier molecular flexibility index (Phi) is 9.76. The maximum absolute atomic E-state index is 13.0. The van der Waals surface area contributed by atoms with Crippen molar-refractivity contribution < 1.29 is 34.1 Å². The second-order valence-corrected chi connectivity index (χ2v) is 12.5. The Morgan fingerprint density at radius 3 is 2.27 bits per heavy atom. The highest BCUT2D eigenvalue weighted by molar-refractivity contribution is 5.94. The van der Waals surface area contributed by atoms with Crippen LogP contribution < -0.4 is 16.1 Å². The summed E-state index contributed by atoms with van der Waals surface area (Å²) >= 11 is 0. The van der Waals surface area contributed by atoms with Crippen LogP contribution >= 0.6 is 0 Å². The van der Waals surface area contributed by atoms with E-state index in [-0.39, 0.29) is 35.1 Å². The molecule has 1 heterocycles. The van der Waals surface area contributed by atoms with Crippen LogP contribution in [-0.2, 0) is 20.7 Å². The first-order valence-electron chi connectivity index (χ1n) is 14.7. The zero-order valence-corrected chi connectivity index (χ0v) is 25.4. The molecule has 1 aromatic heterocycles. The molecular weight excluding hydrogens is 566 g/mol. The van der Waals surface area contributed by atoms with Crippen LogP contribution in [0.2, 0.25) is 0 Å². The maximum Gasteiger partial charge on any atom is 0.407 e. The van der Waals surface area contributed by atoms with Gasteiger partial charge < -0.3 is 30.6 Å². The molecule has 0 aliphatic heterocycles. The van der Waals surface area contributed by atoms with E-state index in [1.165, 1.54) is 6.20 Å². The number of amides is 2. The molecule has 1 aliphatic rings. The van der Waals surface area contributed by atoms with Gasteiger partial charge in [0.2, 0.25) is 11.3 Å². The van der Waals surface area contributed by atoms with Crippen LogP contribution in [0.4, 0.5) is 4.79 Å². The summed E-state index contributed by atoms with van der Waals surface area (Å²) in [7, 11) is 0. The van der Waals surface area contributed by atoms with Crippen molar-refractivity contribution in [3.63, 3.8) is 0 Å². The number of carbonyl (C=O) groups is 4. The number of pyridine rings is 1. The normalized spacial score (nSPS) is 17.5. The molecule has 0 radical (unpaired) electrons. The summed E-state index contributed by atoms with van der Waals surface area (Å²) in [6, 6.07) is 9.66. The lowest BCUT2D eigenvalue weighted by Crippen LogP contribution is -2.46. The molecule has 4 rings (SSSR count). The minimum atomic E-state index is -1.29. The van der Waals surface area contributed by atoms with Crippen LogP contribution in [-0.4, -0.2) is 57.3 Å². The number of aromatic nitrogens is 1. The maximum atomic E-state index is 13.0. The van der Waals surface area contributed by atoms with E-state index in [2.05, 4.69) is 15.6 Å². The SMILES string of the molecule is Cc1cc2c(=O)c(C(=O)O)c[nH]c2cc1-c1ccc(C[C@H](NC(=O)C2CCC(CNC(=O)OC(C)(C)C)CC2)C(=O)O)cc1. The molecule has 3 aromatic rings. The molecule has 1 fully saturated rings. The molecule has 0 saturated heterocycles. The molecule has 5 N–H and O–H groups in total. The molecule has 0 bridgehead atoms. The first kappa shape index (κ1) is 32.2. The number of fused-ring (bicyclic) bond motifs is 1. The summed E-state index contributed by atoms with van der Waals surface area (Å²) in [6.45, 7) is 7.70. The first-order chi connectivity index (χ1) is 20.7. The van der Waals surface area contributed by atoms with Crippen molar-refractivity contribution in [2.45, 2.75) is 71.4 Å². The molecule has 234 valence electrons. The standard InChI is InChI=1S/C33H39N3O8/c1-18-13-24-26(34-17-25(28(24)37)30(39)40)15-23(18)21-9-5-19(6-10-21)14-27(31(41)42)36-29(38)22-11-7-20(8-12-22)16-35-32(43)44-33(2,3)4/h5-6,9-10,13,15,17,20,22,27H,7-8,11-12,14,16H2,1-4H3,(H,34,37)(H,35,43)(H,36,38)(H,39,40)(H,41,42)/t20?,22?,27-/m0/s1. The number of aryl methyl sites for hydroxylation is 1. The van der Waals surface area contributed by atoms with E-state index in [9.17, 15) is 34.2 Å². The Balaban J connectivity index is 1.35. The summed E-state index contributed by atoms with van der Waals surface area (Å²) in [5.41, 5.74) is 2.24.